The second-order valence-corrected chi connectivity index (χ2v) is 5.70. The van der Waals surface area contributed by atoms with Crippen LogP contribution in [0.3, 0.4) is 0 Å². The molecule has 0 spiro atoms. The number of nitrogens with zero attached hydrogens (tertiary/aromatic N) is 3. The number of rotatable bonds is 3. The maximum atomic E-state index is 11.3. The molecule has 1 heterocycles. The van der Waals surface area contributed by atoms with Crippen molar-refractivity contribution in [2.45, 2.75) is 19.5 Å². The predicted octanol–water partition coefficient (Wildman–Crippen LogP) is 0.810. The molecule has 0 aliphatic carbocycles. The topological polar surface area (TPSA) is 59.4 Å². The first-order chi connectivity index (χ1) is 10.1. The van der Waals surface area contributed by atoms with E-state index in [-0.39, 0.29) is 11.9 Å². The van der Waals surface area contributed by atoms with Gasteiger partial charge in [-0.05, 0) is 24.7 Å². The fraction of sp³-hybridized carbons (Fsp3) is 0.500. The Balaban J connectivity index is 2.00. The molecule has 1 aliphatic heterocycles. The van der Waals surface area contributed by atoms with Gasteiger partial charge in [-0.15, -0.1) is 0 Å². The molecule has 1 amide bonds. The van der Waals surface area contributed by atoms with Crippen LogP contribution in [-0.2, 0) is 11.3 Å². The monoisotopic (exact) mass is 286 g/mol. The van der Waals surface area contributed by atoms with Gasteiger partial charge in [0.2, 0.25) is 5.91 Å². The molecule has 0 saturated carbocycles. The van der Waals surface area contributed by atoms with Crippen molar-refractivity contribution in [2.75, 3.05) is 33.2 Å². The van der Waals surface area contributed by atoms with Crippen molar-refractivity contribution in [2.24, 2.45) is 0 Å². The van der Waals surface area contributed by atoms with E-state index >= 15 is 0 Å². The zero-order valence-corrected chi connectivity index (χ0v) is 12.7. The summed E-state index contributed by atoms with van der Waals surface area (Å²) in [6, 6.07) is 10.00. The Morgan fingerprint density at radius 2 is 2.05 bits per heavy atom. The van der Waals surface area contributed by atoms with E-state index in [1.54, 1.807) is 6.92 Å². The van der Waals surface area contributed by atoms with Gasteiger partial charge in [0.15, 0.2) is 0 Å². The fourth-order valence-corrected chi connectivity index (χ4v) is 2.71. The molecule has 5 heteroatoms. The Hall–Kier alpha value is -1.90. The number of amides is 1. The summed E-state index contributed by atoms with van der Waals surface area (Å²) >= 11 is 0. The van der Waals surface area contributed by atoms with Crippen LogP contribution in [0.5, 0.6) is 0 Å². The summed E-state index contributed by atoms with van der Waals surface area (Å²) in [6.07, 6.45) is 0. The lowest BCUT2D eigenvalue weighted by Gasteiger charge is -2.24. The lowest BCUT2D eigenvalue weighted by molar-refractivity contribution is -0.119. The standard InChI is InChI=1S/C16H22N4O/c1-13(21)18-16-11-19(2)7-8-20(12-16)10-15-5-3-14(9-17)4-6-15/h3-6,16H,7-8,10-12H2,1-2H3,(H,18,21). The van der Waals surface area contributed by atoms with E-state index in [4.69, 9.17) is 5.26 Å². The summed E-state index contributed by atoms with van der Waals surface area (Å²) in [6.45, 7) is 6.11. The highest BCUT2D eigenvalue weighted by Crippen LogP contribution is 2.10. The van der Waals surface area contributed by atoms with Crippen LogP contribution < -0.4 is 5.32 Å². The van der Waals surface area contributed by atoms with Crippen molar-refractivity contribution in [3.8, 4) is 6.07 Å². The number of hydrogen-bond donors (Lipinski definition) is 1. The van der Waals surface area contributed by atoms with Crippen molar-refractivity contribution in [3.63, 3.8) is 0 Å². The third-order valence-electron chi connectivity index (χ3n) is 3.71. The molecule has 0 bridgehead atoms. The third-order valence-corrected chi connectivity index (χ3v) is 3.71. The zero-order valence-electron chi connectivity index (χ0n) is 12.7. The SMILES string of the molecule is CC(=O)NC1CN(C)CCN(Cc2ccc(C#N)cc2)C1. The van der Waals surface area contributed by atoms with E-state index in [0.29, 0.717) is 5.56 Å². The lowest BCUT2D eigenvalue weighted by atomic mass is 10.1. The van der Waals surface area contributed by atoms with Gasteiger partial charge in [0.05, 0.1) is 17.7 Å². The molecule has 1 unspecified atom stereocenters. The van der Waals surface area contributed by atoms with Gasteiger partial charge in [-0.3, -0.25) is 9.69 Å². The maximum Gasteiger partial charge on any atom is 0.217 e. The number of hydrogen-bond acceptors (Lipinski definition) is 4. The van der Waals surface area contributed by atoms with Crippen molar-refractivity contribution >= 4 is 5.91 Å². The van der Waals surface area contributed by atoms with Crippen LogP contribution in [0.15, 0.2) is 24.3 Å². The van der Waals surface area contributed by atoms with E-state index in [1.807, 2.05) is 24.3 Å². The Bertz CT molecular complexity index is 520. The van der Waals surface area contributed by atoms with Crippen molar-refractivity contribution in [3.05, 3.63) is 35.4 Å². The van der Waals surface area contributed by atoms with E-state index in [1.165, 1.54) is 5.56 Å². The van der Waals surface area contributed by atoms with Gasteiger partial charge in [0, 0.05) is 39.6 Å². The molecule has 1 atom stereocenters. The third kappa shape index (κ3) is 4.85. The zero-order chi connectivity index (χ0) is 15.2. The van der Waals surface area contributed by atoms with Crippen LogP contribution in [0, 0.1) is 11.3 Å². The van der Waals surface area contributed by atoms with Crippen LogP contribution >= 0.6 is 0 Å². The molecule has 1 saturated heterocycles. The molecule has 1 fully saturated rings. The fourth-order valence-electron chi connectivity index (χ4n) is 2.71. The number of carbonyl (C=O) groups excluding carboxylic acids is 1. The van der Waals surface area contributed by atoms with Crippen molar-refractivity contribution < 1.29 is 4.79 Å². The smallest absolute Gasteiger partial charge is 0.217 e. The highest BCUT2D eigenvalue weighted by Gasteiger charge is 2.21. The molecular formula is C16H22N4O. The summed E-state index contributed by atoms with van der Waals surface area (Å²) in [4.78, 5) is 15.9. The van der Waals surface area contributed by atoms with Gasteiger partial charge in [-0.25, -0.2) is 0 Å². The number of likely N-dealkylation sites (N-methyl/N-ethyl adjacent to an activating group) is 1. The molecule has 0 aromatic heterocycles. The van der Waals surface area contributed by atoms with Gasteiger partial charge in [0.1, 0.15) is 0 Å². The van der Waals surface area contributed by atoms with E-state index < -0.39 is 0 Å². The van der Waals surface area contributed by atoms with Gasteiger partial charge in [-0.2, -0.15) is 5.26 Å². The summed E-state index contributed by atoms with van der Waals surface area (Å²) in [5, 5.41) is 11.8. The maximum absolute atomic E-state index is 11.3. The molecule has 1 aromatic rings. The Morgan fingerprint density at radius 3 is 2.67 bits per heavy atom. The number of carbonyl (C=O) groups is 1. The van der Waals surface area contributed by atoms with Crippen molar-refractivity contribution in [1.82, 2.24) is 15.1 Å². The van der Waals surface area contributed by atoms with Gasteiger partial charge in [-0.1, -0.05) is 12.1 Å². The quantitative estimate of drug-likeness (QED) is 0.893. The van der Waals surface area contributed by atoms with E-state index in [2.05, 4.69) is 28.2 Å². The summed E-state index contributed by atoms with van der Waals surface area (Å²) in [5.74, 6) is 0.0219. The second kappa shape index (κ2) is 7.21. The average Bonchev–Trinajstić information content (AvgIpc) is 2.60. The Kier molecular flexibility index (Phi) is 5.32. The molecule has 1 aromatic carbocycles. The normalized spacial score (nSPS) is 20.5. The molecular weight excluding hydrogens is 264 g/mol. The molecule has 21 heavy (non-hydrogen) atoms. The minimum Gasteiger partial charge on any atom is -0.351 e. The molecule has 1 N–H and O–H groups in total. The molecule has 2 rings (SSSR count). The van der Waals surface area contributed by atoms with Crippen LogP contribution in [0.4, 0.5) is 0 Å². The van der Waals surface area contributed by atoms with Crippen LogP contribution in [0.1, 0.15) is 18.1 Å². The molecule has 5 nitrogen and oxygen atoms in total. The first-order valence-corrected chi connectivity index (χ1v) is 7.24. The van der Waals surface area contributed by atoms with Crippen LogP contribution in [-0.4, -0.2) is 55.0 Å². The average molecular weight is 286 g/mol. The van der Waals surface area contributed by atoms with Crippen LogP contribution in [0.25, 0.3) is 0 Å². The highest BCUT2D eigenvalue weighted by atomic mass is 16.1. The largest absolute Gasteiger partial charge is 0.351 e. The van der Waals surface area contributed by atoms with Gasteiger partial charge >= 0.3 is 0 Å². The van der Waals surface area contributed by atoms with E-state index in [0.717, 1.165) is 32.7 Å². The summed E-state index contributed by atoms with van der Waals surface area (Å²) in [5.41, 5.74) is 1.88. The highest BCUT2D eigenvalue weighted by molar-refractivity contribution is 5.73. The molecule has 1 aliphatic rings. The number of nitrogens with one attached hydrogen (secondary N) is 1. The van der Waals surface area contributed by atoms with Gasteiger partial charge in [0.25, 0.3) is 0 Å². The number of nitriles is 1. The summed E-state index contributed by atoms with van der Waals surface area (Å²) < 4.78 is 0. The Morgan fingerprint density at radius 1 is 1.33 bits per heavy atom. The minimum atomic E-state index is 0.0219. The van der Waals surface area contributed by atoms with Crippen LogP contribution in [0.2, 0.25) is 0 Å². The summed E-state index contributed by atoms with van der Waals surface area (Å²) in [7, 11) is 2.08. The molecule has 0 radical (unpaired) electrons. The van der Waals surface area contributed by atoms with E-state index in [9.17, 15) is 4.79 Å². The second-order valence-electron chi connectivity index (χ2n) is 5.70. The lowest BCUT2D eigenvalue weighted by Crippen LogP contribution is -2.45. The first-order valence-electron chi connectivity index (χ1n) is 7.24. The van der Waals surface area contributed by atoms with Crippen molar-refractivity contribution in [1.29, 1.82) is 5.26 Å². The first kappa shape index (κ1) is 15.5. The predicted molar refractivity (Wildman–Crippen MR) is 81.5 cm³/mol. The van der Waals surface area contributed by atoms with Gasteiger partial charge < -0.3 is 10.2 Å². The minimum absolute atomic E-state index is 0.0219. The molecule has 112 valence electrons. The Labute approximate surface area is 126 Å². The number of benzene rings is 1.